The maximum absolute atomic E-state index is 6.22. The van der Waals surface area contributed by atoms with Crippen molar-refractivity contribution in [2.24, 2.45) is 11.7 Å². The van der Waals surface area contributed by atoms with Crippen LogP contribution in [0.5, 0.6) is 0 Å². The summed E-state index contributed by atoms with van der Waals surface area (Å²) in [6.45, 7) is 8.98. The van der Waals surface area contributed by atoms with Crippen LogP contribution in [-0.2, 0) is 0 Å². The molecule has 18 heavy (non-hydrogen) atoms. The van der Waals surface area contributed by atoms with Gasteiger partial charge in [-0.2, -0.15) is 11.8 Å². The second kappa shape index (κ2) is 7.85. The van der Waals surface area contributed by atoms with Crippen LogP contribution in [0.25, 0.3) is 0 Å². The van der Waals surface area contributed by atoms with E-state index in [1.165, 1.54) is 23.3 Å². The lowest BCUT2D eigenvalue weighted by atomic mass is 10.00. The maximum Gasteiger partial charge on any atom is 0.0386 e. The highest BCUT2D eigenvalue weighted by atomic mass is 32.2. The predicted molar refractivity (Wildman–Crippen MR) is 84.2 cm³/mol. The highest BCUT2D eigenvalue weighted by molar-refractivity contribution is 7.99. The number of benzene rings is 1. The van der Waals surface area contributed by atoms with Crippen LogP contribution in [0.4, 0.5) is 0 Å². The summed E-state index contributed by atoms with van der Waals surface area (Å²) in [5, 5.41) is 0. The molecule has 1 atom stereocenters. The van der Waals surface area contributed by atoms with Gasteiger partial charge in [0.25, 0.3) is 0 Å². The molecule has 1 aromatic rings. The Kier molecular flexibility index (Phi) is 6.80. The molecule has 0 saturated carbocycles. The van der Waals surface area contributed by atoms with Gasteiger partial charge in [-0.05, 0) is 35.1 Å². The normalized spacial score (nSPS) is 13.3. The summed E-state index contributed by atoms with van der Waals surface area (Å²) in [4.78, 5) is 0. The van der Waals surface area contributed by atoms with E-state index in [4.69, 9.17) is 5.73 Å². The van der Waals surface area contributed by atoms with Gasteiger partial charge in [-0.1, -0.05) is 52.0 Å². The molecule has 0 heterocycles. The molecule has 1 unspecified atom stereocenters. The van der Waals surface area contributed by atoms with Crippen LogP contribution in [0.2, 0.25) is 0 Å². The first-order valence-electron chi connectivity index (χ1n) is 6.94. The lowest BCUT2D eigenvalue weighted by molar-refractivity contribution is 0.631. The number of thioether (sulfide) groups is 1. The van der Waals surface area contributed by atoms with Crippen LogP contribution in [0.1, 0.15) is 57.2 Å². The van der Waals surface area contributed by atoms with E-state index in [1.807, 2.05) is 11.8 Å². The first kappa shape index (κ1) is 15.6. The topological polar surface area (TPSA) is 26.0 Å². The molecule has 1 nitrogen and oxygen atoms in total. The van der Waals surface area contributed by atoms with Crippen molar-refractivity contribution in [3.05, 3.63) is 35.4 Å². The van der Waals surface area contributed by atoms with Gasteiger partial charge in [0, 0.05) is 11.8 Å². The Morgan fingerprint density at radius 3 is 2.06 bits per heavy atom. The van der Waals surface area contributed by atoms with Crippen LogP contribution < -0.4 is 5.73 Å². The van der Waals surface area contributed by atoms with Crippen LogP contribution in [0, 0.1) is 5.92 Å². The van der Waals surface area contributed by atoms with Crippen LogP contribution >= 0.6 is 11.8 Å². The average molecular weight is 265 g/mol. The van der Waals surface area contributed by atoms with Crippen molar-refractivity contribution in [3.8, 4) is 0 Å². The number of hydrogen-bond donors (Lipinski definition) is 1. The van der Waals surface area contributed by atoms with E-state index in [-0.39, 0.29) is 6.04 Å². The van der Waals surface area contributed by atoms with Crippen molar-refractivity contribution in [3.63, 3.8) is 0 Å². The fourth-order valence-electron chi connectivity index (χ4n) is 1.75. The summed E-state index contributed by atoms with van der Waals surface area (Å²) in [6.07, 6.45) is 1.28. The molecule has 0 spiro atoms. The van der Waals surface area contributed by atoms with E-state index in [9.17, 15) is 0 Å². The van der Waals surface area contributed by atoms with E-state index in [0.717, 1.165) is 11.7 Å². The molecule has 0 radical (unpaired) electrons. The Morgan fingerprint density at radius 1 is 1.00 bits per heavy atom. The molecule has 0 fully saturated rings. The molecule has 0 bridgehead atoms. The van der Waals surface area contributed by atoms with Crippen LogP contribution in [0.3, 0.4) is 0 Å². The first-order chi connectivity index (χ1) is 8.50. The Morgan fingerprint density at radius 2 is 1.56 bits per heavy atom. The minimum atomic E-state index is 0.170. The van der Waals surface area contributed by atoms with E-state index in [1.54, 1.807) is 0 Å². The van der Waals surface area contributed by atoms with E-state index in [0.29, 0.717) is 5.92 Å². The molecule has 0 aliphatic rings. The van der Waals surface area contributed by atoms with Crippen LogP contribution in [0.15, 0.2) is 24.3 Å². The molecule has 0 aliphatic carbocycles. The predicted octanol–water partition coefficient (Wildman–Crippen LogP) is 4.59. The van der Waals surface area contributed by atoms with Gasteiger partial charge in [0.2, 0.25) is 0 Å². The SMILES string of the molecule is CC(C)CCSCC(N)c1ccc(C(C)C)cc1. The van der Waals surface area contributed by atoms with Crippen molar-refractivity contribution >= 4 is 11.8 Å². The lowest BCUT2D eigenvalue weighted by Crippen LogP contribution is -2.13. The lowest BCUT2D eigenvalue weighted by Gasteiger charge is -2.13. The third kappa shape index (κ3) is 5.45. The quantitative estimate of drug-likeness (QED) is 0.730. The molecule has 0 saturated heterocycles. The molecule has 1 aromatic carbocycles. The maximum atomic E-state index is 6.22. The fraction of sp³-hybridized carbons (Fsp3) is 0.625. The number of hydrogen-bond acceptors (Lipinski definition) is 2. The van der Waals surface area contributed by atoms with Crippen molar-refractivity contribution in [2.75, 3.05) is 11.5 Å². The third-order valence-electron chi connectivity index (χ3n) is 3.17. The van der Waals surface area contributed by atoms with Gasteiger partial charge in [0.15, 0.2) is 0 Å². The number of rotatable bonds is 7. The Hall–Kier alpha value is -0.470. The molecule has 0 aliphatic heterocycles. The van der Waals surface area contributed by atoms with Gasteiger partial charge in [-0.25, -0.2) is 0 Å². The molecular weight excluding hydrogens is 238 g/mol. The van der Waals surface area contributed by atoms with Crippen LogP contribution in [-0.4, -0.2) is 11.5 Å². The van der Waals surface area contributed by atoms with Gasteiger partial charge in [0.05, 0.1) is 0 Å². The number of nitrogens with two attached hydrogens (primary N) is 1. The van der Waals surface area contributed by atoms with Gasteiger partial charge in [-0.15, -0.1) is 0 Å². The monoisotopic (exact) mass is 265 g/mol. The summed E-state index contributed by atoms with van der Waals surface area (Å²) in [5.41, 5.74) is 8.87. The first-order valence-corrected chi connectivity index (χ1v) is 8.09. The second-order valence-corrected chi connectivity index (χ2v) is 6.84. The highest BCUT2D eigenvalue weighted by Crippen LogP contribution is 2.20. The molecule has 102 valence electrons. The summed E-state index contributed by atoms with van der Waals surface area (Å²) in [6, 6.07) is 8.95. The van der Waals surface area contributed by atoms with Gasteiger partial charge < -0.3 is 5.73 Å². The molecule has 1 rings (SSSR count). The molecule has 2 heteroatoms. The minimum absolute atomic E-state index is 0.170. The summed E-state index contributed by atoms with van der Waals surface area (Å²) in [7, 11) is 0. The summed E-state index contributed by atoms with van der Waals surface area (Å²) < 4.78 is 0. The van der Waals surface area contributed by atoms with Gasteiger partial charge >= 0.3 is 0 Å². The standard InChI is InChI=1S/C16H27NS/c1-12(2)9-10-18-11-16(17)15-7-5-14(6-8-15)13(3)4/h5-8,12-13,16H,9-11,17H2,1-4H3. The Bertz CT molecular complexity index is 329. The van der Waals surface area contributed by atoms with E-state index >= 15 is 0 Å². The Balaban J connectivity index is 2.39. The van der Waals surface area contributed by atoms with E-state index < -0.39 is 0 Å². The largest absolute Gasteiger partial charge is 0.323 e. The zero-order valence-electron chi connectivity index (χ0n) is 12.1. The van der Waals surface area contributed by atoms with Crippen molar-refractivity contribution in [1.82, 2.24) is 0 Å². The summed E-state index contributed by atoms with van der Waals surface area (Å²) in [5.74, 6) is 3.62. The zero-order valence-corrected chi connectivity index (χ0v) is 13.0. The smallest absolute Gasteiger partial charge is 0.0386 e. The molecule has 2 N–H and O–H groups in total. The molecule has 0 amide bonds. The van der Waals surface area contributed by atoms with Crippen molar-refractivity contribution < 1.29 is 0 Å². The third-order valence-corrected chi connectivity index (χ3v) is 4.29. The zero-order chi connectivity index (χ0) is 13.5. The van der Waals surface area contributed by atoms with Gasteiger partial charge in [-0.3, -0.25) is 0 Å². The average Bonchev–Trinajstić information content (AvgIpc) is 2.34. The summed E-state index contributed by atoms with van der Waals surface area (Å²) >= 11 is 1.97. The van der Waals surface area contributed by atoms with Crippen molar-refractivity contribution in [1.29, 1.82) is 0 Å². The fourth-order valence-corrected chi connectivity index (χ4v) is 3.00. The molecular formula is C16H27NS. The second-order valence-electron chi connectivity index (χ2n) is 5.69. The molecule has 0 aromatic heterocycles. The van der Waals surface area contributed by atoms with Crippen molar-refractivity contribution in [2.45, 2.75) is 46.1 Å². The minimum Gasteiger partial charge on any atom is -0.323 e. The Labute approximate surface area is 117 Å². The van der Waals surface area contributed by atoms with E-state index in [2.05, 4.69) is 52.0 Å². The van der Waals surface area contributed by atoms with Gasteiger partial charge in [0.1, 0.15) is 0 Å². The highest BCUT2D eigenvalue weighted by Gasteiger charge is 2.07.